The van der Waals surface area contributed by atoms with Crippen LogP contribution >= 0.6 is 0 Å². The molecule has 0 amide bonds. The van der Waals surface area contributed by atoms with Crippen LogP contribution in [0.2, 0.25) is 0 Å². The molecule has 0 aromatic heterocycles. The van der Waals surface area contributed by atoms with Crippen molar-refractivity contribution < 1.29 is 0 Å². The van der Waals surface area contributed by atoms with Gasteiger partial charge in [-0.1, -0.05) is 26.7 Å². The van der Waals surface area contributed by atoms with Crippen LogP contribution in [0.5, 0.6) is 0 Å². The third-order valence-corrected chi connectivity index (χ3v) is 5.60. The molecule has 1 saturated carbocycles. The van der Waals surface area contributed by atoms with Crippen LogP contribution in [-0.2, 0) is 0 Å². The second-order valence-corrected chi connectivity index (χ2v) is 7.97. The second-order valence-electron chi connectivity index (χ2n) is 7.97. The predicted molar refractivity (Wildman–Crippen MR) is 83.5 cm³/mol. The molecule has 0 aromatic rings. The first-order valence-electron chi connectivity index (χ1n) is 8.39. The molecule has 1 saturated heterocycles. The van der Waals surface area contributed by atoms with E-state index in [0.29, 0.717) is 5.54 Å². The van der Waals surface area contributed by atoms with Crippen molar-refractivity contribution in [2.45, 2.75) is 84.3 Å². The first-order valence-corrected chi connectivity index (χ1v) is 8.39. The minimum Gasteiger partial charge on any atom is -0.311 e. The predicted octanol–water partition coefficient (Wildman–Crippen LogP) is 3.66. The monoisotopic (exact) mass is 266 g/mol. The van der Waals surface area contributed by atoms with Gasteiger partial charge >= 0.3 is 0 Å². The van der Waals surface area contributed by atoms with Crippen LogP contribution in [0.15, 0.2) is 0 Å². The van der Waals surface area contributed by atoms with Gasteiger partial charge in [0.05, 0.1) is 0 Å². The van der Waals surface area contributed by atoms with Crippen molar-refractivity contribution in [3.8, 4) is 0 Å². The van der Waals surface area contributed by atoms with Gasteiger partial charge in [-0.3, -0.25) is 4.90 Å². The zero-order chi connectivity index (χ0) is 14.0. The van der Waals surface area contributed by atoms with Crippen molar-refractivity contribution >= 4 is 0 Å². The highest BCUT2D eigenvalue weighted by Gasteiger charge is 2.31. The van der Waals surface area contributed by atoms with E-state index in [2.05, 4.69) is 44.8 Å². The van der Waals surface area contributed by atoms with Gasteiger partial charge in [0, 0.05) is 30.7 Å². The normalized spacial score (nSPS) is 35.5. The van der Waals surface area contributed by atoms with Gasteiger partial charge in [0.25, 0.3) is 0 Å². The van der Waals surface area contributed by atoms with Crippen molar-refractivity contribution in [3.63, 3.8) is 0 Å². The fraction of sp³-hybridized carbons (Fsp3) is 1.00. The molecule has 3 unspecified atom stereocenters. The molecule has 112 valence electrons. The number of nitrogens with one attached hydrogen (secondary N) is 1. The lowest BCUT2D eigenvalue weighted by Gasteiger charge is -2.43. The van der Waals surface area contributed by atoms with Crippen LogP contribution in [0.3, 0.4) is 0 Å². The zero-order valence-corrected chi connectivity index (χ0v) is 13.7. The van der Waals surface area contributed by atoms with E-state index in [0.717, 1.165) is 23.9 Å². The molecule has 0 radical (unpaired) electrons. The van der Waals surface area contributed by atoms with Crippen molar-refractivity contribution in [1.82, 2.24) is 10.2 Å². The van der Waals surface area contributed by atoms with E-state index in [4.69, 9.17) is 0 Å². The average Bonchev–Trinajstić information content (AvgIpc) is 2.35. The third kappa shape index (κ3) is 3.95. The van der Waals surface area contributed by atoms with Crippen molar-refractivity contribution in [1.29, 1.82) is 0 Å². The molecule has 1 aliphatic heterocycles. The summed E-state index contributed by atoms with van der Waals surface area (Å²) in [6.07, 6.45) is 6.90. The van der Waals surface area contributed by atoms with Crippen molar-refractivity contribution in [2.75, 3.05) is 13.1 Å². The summed E-state index contributed by atoms with van der Waals surface area (Å²) in [5, 5.41) is 3.98. The molecule has 19 heavy (non-hydrogen) atoms. The van der Waals surface area contributed by atoms with Crippen LogP contribution in [0.25, 0.3) is 0 Å². The molecule has 2 heteroatoms. The van der Waals surface area contributed by atoms with E-state index in [1.165, 1.54) is 45.2 Å². The summed E-state index contributed by atoms with van der Waals surface area (Å²) in [6, 6.07) is 1.53. The molecule has 2 nitrogen and oxygen atoms in total. The van der Waals surface area contributed by atoms with E-state index in [9.17, 15) is 0 Å². The van der Waals surface area contributed by atoms with Gasteiger partial charge in [0.1, 0.15) is 0 Å². The Morgan fingerprint density at radius 3 is 2.16 bits per heavy atom. The molecular formula is C17H34N2. The second kappa shape index (κ2) is 6.13. The molecule has 1 heterocycles. The summed E-state index contributed by atoms with van der Waals surface area (Å²) in [5.41, 5.74) is 0.345. The highest BCUT2D eigenvalue weighted by atomic mass is 15.2. The summed E-state index contributed by atoms with van der Waals surface area (Å²) in [7, 11) is 0. The van der Waals surface area contributed by atoms with Gasteiger partial charge < -0.3 is 5.32 Å². The van der Waals surface area contributed by atoms with Gasteiger partial charge in [-0.2, -0.15) is 0 Å². The van der Waals surface area contributed by atoms with Crippen LogP contribution in [0, 0.1) is 11.8 Å². The standard InChI is InChI=1S/C17H34N2/c1-13-7-6-8-16(14(13)2)18-15-9-11-19(12-10-15)17(3,4)5/h13-16,18H,6-12H2,1-5H3. The molecule has 1 N–H and O–H groups in total. The summed E-state index contributed by atoms with van der Waals surface area (Å²) in [4.78, 5) is 2.64. The third-order valence-electron chi connectivity index (χ3n) is 5.60. The number of piperidine rings is 1. The number of rotatable bonds is 2. The van der Waals surface area contributed by atoms with Gasteiger partial charge in [0.2, 0.25) is 0 Å². The molecule has 1 aliphatic carbocycles. The fourth-order valence-electron chi connectivity index (χ4n) is 3.84. The highest BCUT2D eigenvalue weighted by molar-refractivity contribution is 4.89. The topological polar surface area (TPSA) is 15.3 Å². The molecule has 0 spiro atoms. The SMILES string of the molecule is CC1CCCC(NC2CCN(C(C)(C)C)CC2)C1C. The van der Waals surface area contributed by atoms with Crippen molar-refractivity contribution in [2.24, 2.45) is 11.8 Å². The maximum atomic E-state index is 3.98. The Labute approximate surface area is 120 Å². The van der Waals surface area contributed by atoms with Crippen LogP contribution in [0.1, 0.15) is 66.7 Å². The molecule has 3 atom stereocenters. The quantitative estimate of drug-likeness (QED) is 0.820. The number of nitrogens with zero attached hydrogens (tertiary/aromatic N) is 1. The van der Waals surface area contributed by atoms with Crippen LogP contribution < -0.4 is 5.32 Å². The van der Waals surface area contributed by atoms with E-state index in [-0.39, 0.29) is 0 Å². The number of hydrogen-bond acceptors (Lipinski definition) is 2. The van der Waals surface area contributed by atoms with Gasteiger partial charge in [-0.15, -0.1) is 0 Å². The van der Waals surface area contributed by atoms with Crippen LogP contribution in [-0.4, -0.2) is 35.6 Å². The summed E-state index contributed by atoms with van der Waals surface area (Å²) < 4.78 is 0. The molecule has 2 rings (SSSR count). The summed E-state index contributed by atoms with van der Waals surface area (Å²) in [5.74, 6) is 1.76. The van der Waals surface area contributed by atoms with Gasteiger partial charge in [0.15, 0.2) is 0 Å². The van der Waals surface area contributed by atoms with Crippen LogP contribution in [0.4, 0.5) is 0 Å². The molecule has 2 aliphatic rings. The minimum atomic E-state index is 0.345. The fourth-order valence-corrected chi connectivity index (χ4v) is 3.84. The zero-order valence-electron chi connectivity index (χ0n) is 13.7. The Morgan fingerprint density at radius 2 is 1.58 bits per heavy atom. The lowest BCUT2D eigenvalue weighted by Crippen LogP contribution is -2.53. The Hall–Kier alpha value is -0.0800. The summed E-state index contributed by atoms with van der Waals surface area (Å²) >= 11 is 0. The van der Waals surface area contributed by atoms with Gasteiger partial charge in [-0.05, 0) is 51.9 Å². The Kier molecular flexibility index (Phi) is 4.94. The van der Waals surface area contributed by atoms with E-state index in [1.807, 2.05) is 0 Å². The Balaban J connectivity index is 1.79. The molecule has 0 bridgehead atoms. The first kappa shape index (κ1) is 15.3. The first-order chi connectivity index (χ1) is 8.88. The molecular weight excluding hydrogens is 232 g/mol. The highest BCUT2D eigenvalue weighted by Crippen LogP contribution is 2.30. The largest absolute Gasteiger partial charge is 0.311 e. The number of likely N-dealkylation sites (tertiary alicyclic amines) is 1. The smallest absolute Gasteiger partial charge is 0.0125 e. The minimum absolute atomic E-state index is 0.345. The van der Waals surface area contributed by atoms with E-state index in [1.54, 1.807) is 0 Å². The number of hydrogen-bond donors (Lipinski definition) is 1. The molecule has 2 fully saturated rings. The Bertz CT molecular complexity index is 273. The maximum Gasteiger partial charge on any atom is 0.0125 e. The lowest BCUT2D eigenvalue weighted by molar-refractivity contribution is 0.0859. The lowest BCUT2D eigenvalue weighted by atomic mass is 9.77. The van der Waals surface area contributed by atoms with E-state index < -0.39 is 0 Å². The van der Waals surface area contributed by atoms with Gasteiger partial charge in [-0.25, -0.2) is 0 Å². The maximum absolute atomic E-state index is 3.98. The van der Waals surface area contributed by atoms with Crippen molar-refractivity contribution in [3.05, 3.63) is 0 Å². The average molecular weight is 266 g/mol. The Morgan fingerprint density at radius 1 is 0.947 bits per heavy atom. The van der Waals surface area contributed by atoms with E-state index >= 15 is 0 Å². The summed E-state index contributed by atoms with van der Waals surface area (Å²) in [6.45, 7) is 14.4. The molecule has 0 aromatic carbocycles.